The fraction of sp³-hybridized carbons (Fsp3) is 0.722. The molecule has 0 bridgehead atoms. The van der Waals surface area contributed by atoms with Crippen molar-refractivity contribution in [2.24, 2.45) is 16.8 Å². The maximum atomic E-state index is 10.5. The lowest BCUT2D eigenvalue weighted by atomic mass is 9.77. The molecule has 0 aromatic rings. The summed E-state index contributed by atoms with van der Waals surface area (Å²) >= 11 is 0. The number of carbonyl (C=O) groups is 2. The fourth-order valence-corrected chi connectivity index (χ4v) is 2.67. The predicted octanol–water partition coefficient (Wildman–Crippen LogP) is 3.67. The molecule has 1 aliphatic heterocycles. The number of nitrogens with zero attached hydrogens (tertiary/aromatic N) is 1. The fourth-order valence-electron chi connectivity index (χ4n) is 2.67. The molecule has 0 N–H and O–H groups in total. The normalized spacial score (nSPS) is 25.0. The van der Waals surface area contributed by atoms with Crippen molar-refractivity contribution in [3.63, 3.8) is 0 Å². The van der Waals surface area contributed by atoms with Crippen molar-refractivity contribution in [3.05, 3.63) is 12.0 Å². The second kappa shape index (κ2) is 9.48. The van der Waals surface area contributed by atoms with E-state index in [0.717, 1.165) is 0 Å². The number of hydrogen-bond donors (Lipinski definition) is 0. The van der Waals surface area contributed by atoms with Crippen LogP contribution in [-0.2, 0) is 19.1 Å². The summed E-state index contributed by atoms with van der Waals surface area (Å²) in [5.41, 5.74) is -0.318. The maximum Gasteiger partial charge on any atom is 0.293 e. The van der Waals surface area contributed by atoms with Crippen molar-refractivity contribution >= 4 is 18.5 Å². The minimum Gasteiger partial charge on any atom is -0.488 e. The summed E-state index contributed by atoms with van der Waals surface area (Å²) in [4.78, 5) is 23.8. The molecule has 0 aromatic carbocycles. The van der Waals surface area contributed by atoms with Crippen LogP contribution in [0.1, 0.15) is 59.8 Å². The number of ether oxygens (including phenoxy) is 2. The van der Waals surface area contributed by atoms with Crippen LogP contribution in [0.3, 0.4) is 0 Å². The zero-order valence-electron chi connectivity index (χ0n) is 14.7. The Hall–Kier alpha value is -1.65. The average Bonchev–Trinajstić information content (AvgIpc) is 2.63. The van der Waals surface area contributed by atoms with Crippen LogP contribution in [0.25, 0.3) is 0 Å². The average molecular weight is 323 g/mol. The predicted molar refractivity (Wildman–Crippen MR) is 90.2 cm³/mol. The van der Waals surface area contributed by atoms with Crippen molar-refractivity contribution in [3.8, 4) is 0 Å². The zero-order chi connectivity index (χ0) is 17.3. The number of fused-ring (bicyclic) bond motifs is 1. The van der Waals surface area contributed by atoms with Gasteiger partial charge in [0, 0.05) is 0 Å². The maximum absolute atomic E-state index is 10.5. The van der Waals surface area contributed by atoms with Gasteiger partial charge in [0.05, 0.1) is 12.4 Å². The summed E-state index contributed by atoms with van der Waals surface area (Å²) < 4.78 is 9.45. The van der Waals surface area contributed by atoms with Crippen LogP contribution >= 0.6 is 0 Å². The first-order chi connectivity index (χ1) is 10.8. The Bertz CT molecular complexity index is 438. The first-order valence-electron chi connectivity index (χ1n) is 8.29. The SMILES string of the molecule is C1CC2CCC2C1.CC(C)(C)OC=O.CC1=CN=CC(=O)CO1. The Labute approximate surface area is 139 Å². The van der Waals surface area contributed by atoms with E-state index < -0.39 is 0 Å². The molecule has 1 heterocycles. The van der Waals surface area contributed by atoms with E-state index >= 15 is 0 Å². The number of allylic oxidation sites excluding steroid dienone is 1. The van der Waals surface area contributed by atoms with Gasteiger partial charge in [0.15, 0.2) is 6.61 Å². The monoisotopic (exact) mass is 323 g/mol. The molecule has 2 atom stereocenters. The second-order valence-corrected chi connectivity index (χ2v) is 7.13. The molecule has 5 nitrogen and oxygen atoms in total. The topological polar surface area (TPSA) is 65.0 Å². The van der Waals surface area contributed by atoms with Gasteiger partial charge < -0.3 is 9.47 Å². The van der Waals surface area contributed by atoms with Crippen LogP contribution in [0.2, 0.25) is 0 Å². The van der Waals surface area contributed by atoms with Crippen LogP contribution < -0.4 is 0 Å². The highest BCUT2D eigenvalue weighted by Gasteiger charge is 2.34. The Balaban J connectivity index is 0.000000175. The molecular formula is C18H29NO4. The molecule has 0 saturated heterocycles. The molecule has 130 valence electrons. The highest BCUT2D eigenvalue weighted by molar-refractivity contribution is 6.28. The van der Waals surface area contributed by atoms with E-state index in [9.17, 15) is 9.59 Å². The van der Waals surface area contributed by atoms with E-state index in [0.29, 0.717) is 12.2 Å². The van der Waals surface area contributed by atoms with Crippen LogP contribution in [0.4, 0.5) is 0 Å². The molecule has 2 aliphatic carbocycles. The van der Waals surface area contributed by atoms with E-state index in [1.807, 2.05) is 20.8 Å². The van der Waals surface area contributed by atoms with Gasteiger partial charge >= 0.3 is 0 Å². The van der Waals surface area contributed by atoms with Crippen LogP contribution in [0.15, 0.2) is 17.0 Å². The third kappa shape index (κ3) is 8.53. The molecule has 3 aliphatic rings. The quantitative estimate of drug-likeness (QED) is 0.691. The first kappa shape index (κ1) is 19.4. The second-order valence-electron chi connectivity index (χ2n) is 7.13. The molecule has 23 heavy (non-hydrogen) atoms. The molecule has 0 amide bonds. The van der Waals surface area contributed by atoms with Crippen molar-refractivity contribution in [1.29, 1.82) is 0 Å². The Morgan fingerprint density at radius 1 is 1.22 bits per heavy atom. The van der Waals surface area contributed by atoms with E-state index in [4.69, 9.17) is 4.74 Å². The van der Waals surface area contributed by atoms with Gasteiger partial charge in [-0.25, -0.2) is 0 Å². The lowest BCUT2D eigenvalue weighted by Crippen LogP contribution is -2.18. The van der Waals surface area contributed by atoms with Crippen LogP contribution in [-0.4, -0.2) is 30.7 Å². The van der Waals surface area contributed by atoms with Crippen LogP contribution in [0.5, 0.6) is 0 Å². The van der Waals surface area contributed by atoms with E-state index in [-0.39, 0.29) is 18.0 Å². The van der Waals surface area contributed by atoms with Gasteiger partial charge in [0.25, 0.3) is 6.47 Å². The summed E-state index contributed by atoms with van der Waals surface area (Å²) in [5.74, 6) is 2.97. The van der Waals surface area contributed by atoms with E-state index in [1.165, 1.54) is 30.7 Å². The molecule has 0 aromatic heterocycles. The van der Waals surface area contributed by atoms with Gasteiger partial charge in [-0.15, -0.1) is 0 Å². The number of Topliss-reactive ketones (excluding diaryl/α,β-unsaturated/α-hetero) is 1. The molecule has 2 unspecified atom stereocenters. The molecule has 5 heteroatoms. The lowest BCUT2D eigenvalue weighted by molar-refractivity contribution is -0.138. The Kier molecular flexibility index (Phi) is 8.00. The van der Waals surface area contributed by atoms with Crippen molar-refractivity contribution < 1.29 is 19.1 Å². The Morgan fingerprint density at radius 2 is 1.83 bits per heavy atom. The van der Waals surface area contributed by atoms with Gasteiger partial charge in [-0.1, -0.05) is 19.3 Å². The third-order valence-corrected chi connectivity index (χ3v) is 4.04. The van der Waals surface area contributed by atoms with Gasteiger partial charge in [0.1, 0.15) is 11.4 Å². The van der Waals surface area contributed by atoms with Gasteiger partial charge in [0.2, 0.25) is 5.78 Å². The molecule has 0 spiro atoms. The smallest absolute Gasteiger partial charge is 0.293 e. The number of ketones is 1. The molecule has 3 rings (SSSR count). The standard InChI is InChI=1S/C7H12.C6H7NO2.C5H10O2/c1-2-6-4-5-7(6)3-1;1-5-2-7-3-6(8)4-9-5;1-5(2,3)7-4-6/h6-7H,1-5H2;2-3H,4H2,1H3;4H,1-3H3. The summed E-state index contributed by atoms with van der Waals surface area (Å²) in [6.45, 7) is 7.80. The summed E-state index contributed by atoms with van der Waals surface area (Å²) in [7, 11) is 0. The number of carbonyl (C=O) groups excluding carboxylic acids is 2. The van der Waals surface area contributed by atoms with Gasteiger partial charge in [-0.2, -0.15) is 0 Å². The Morgan fingerprint density at radius 3 is 2.22 bits per heavy atom. The number of hydrogen-bond acceptors (Lipinski definition) is 5. The van der Waals surface area contributed by atoms with E-state index in [1.54, 1.807) is 32.6 Å². The van der Waals surface area contributed by atoms with Gasteiger partial charge in [-0.05, 0) is 52.4 Å². The molecule has 2 fully saturated rings. The largest absolute Gasteiger partial charge is 0.488 e. The molecular weight excluding hydrogens is 294 g/mol. The minimum absolute atomic E-state index is 0.0944. The summed E-state index contributed by atoms with van der Waals surface area (Å²) in [5, 5.41) is 0. The minimum atomic E-state index is -0.318. The van der Waals surface area contributed by atoms with Crippen LogP contribution in [0, 0.1) is 11.8 Å². The third-order valence-electron chi connectivity index (χ3n) is 4.04. The van der Waals surface area contributed by atoms with Crippen molar-refractivity contribution in [2.75, 3.05) is 6.61 Å². The first-order valence-corrected chi connectivity index (χ1v) is 8.29. The summed E-state index contributed by atoms with van der Waals surface area (Å²) in [6.07, 6.45) is 10.6. The van der Waals surface area contributed by atoms with Gasteiger partial charge in [-0.3, -0.25) is 14.6 Å². The number of rotatable bonds is 1. The zero-order valence-corrected chi connectivity index (χ0v) is 14.7. The van der Waals surface area contributed by atoms with E-state index in [2.05, 4.69) is 9.73 Å². The summed E-state index contributed by atoms with van der Waals surface area (Å²) in [6, 6.07) is 0. The highest BCUT2D eigenvalue weighted by Crippen LogP contribution is 2.46. The molecule has 2 saturated carbocycles. The molecule has 0 radical (unpaired) electrons. The highest BCUT2D eigenvalue weighted by atomic mass is 16.5. The van der Waals surface area contributed by atoms with Crippen molar-refractivity contribution in [1.82, 2.24) is 0 Å². The number of aliphatic imine (C=N–C) groups is 1. The lowest BCUT2D eigenvalue weighted by Gasteiger charge is -2.29. The van der Waals surface area contributed by atoms with Crippen molar-refractivity contribution in [2.45, 2.75) is 65.4 Å².